The number of nitrogens with one attached hydrogen (secondary N) is 1. The number of hydrogen-bond donors (Lipinski definition) is 1. The topological polar surface area (TPSA) is 24.4 Å². The molecule has 0 saturated carbocycles. The van der Waals surface area contributed by atoms with E-state index in [4.69, 9.17) is 0 Å². The maximum atomic E-state index is 13.1. The molecule has 0 aliphatic carbocycles. The second-order valence-corrected chi connectivity index (χ2v) is 4.30. The molecule has 0 unspecified atom stereocenters. The van der Waals surface area contributed by atoms with E-state index in [1.807, 2.05) is 31.2 Å². The largest absolute Gasteiger partial charge is 0.278 e. The van der Waals surface area contributed by atoms with E-state index in [-0.39, 0.29) is 0 Å². The molecule has 0 saturated heterocycles. The summed E-state index contributed by atoms with van der Waals surface area (Å²) >= 11 is 0. The highest BCUT2D eigenvalue weighted by Crippen LogP contribution is 2.11. The first kappa shape index (κ1) is 13.2. The highest BCUT2D eigenvalue weighted by atomic mass is 19.2. The van der Waals surface area contributed by atoms with Gasteiger partial charge < -0.3 is 0 Å². The van der Waals surface area contributed by atoms with Crippen LogP contribution < -0.4 is 5.43 Å². The second-order valence-electron chi connectivity index (χ2n) is 4.30. The number of rotatable bonds is 3. The van der Waals surface area contributed by atoms with Gasteiger partial charge in [0.25, 0.3) is 0 Å². The zero-order valence-corrected chi connectivity index (χ0v) is 10.7. The fraction of sp³-hybridized carbons (Fsp3) is 0.133. The minimum atomic E-state index is -0.873. The molecule has 0 radical (unpaired) electrons. The third-order valence-corrected chi connectivity index (χ3v) is 2.74. The van der Waals surface area contributed by atoms with Gasteiger partial charge in [-0.15, -0.1) is 0 Å². The molecule has 0 aliphatic heterocycles. The normalized spacial score (nSPS) is 11.5. The zero-order valence-electron chi connectivity index (χ0n) is 10.7. The van der Waals surface area contributed by atoms with Crippen molar-refractivity contribution in [1.29, 1.82) is 0 Å². The van der Waals surface area contributed by atoms with E-state index in [1.54, 1.807) is 6.92 Å². The van der Waals surface area contributed by atoms with Crippen LogP contribution in [-0.4, -0.2) is 5.71 Å². The quantitative estimate of drug-likeness (QED) is 0.651. The molecule has 0 aromatic heterocycles. The van der Waals surface area contributed by atoms with Gasteiger partial charge in [0.1, 0.15) is 0 Å². The highest BCUT2D eigenvalue weighted by molar-refractivity contribution is 5.99. The molecule has 2 aromatic rings. The van der Waals surface area contributed by atoms with Gasteiger partial charge in [-0.1, -0.05) is 17.7 Å². The molecule has 4 heteroatoms. The van der Waals surface area contributed by atoms with Crippen LogP contribution in [0.4, 0.5) is 14.5 Å². The minimum absolute atomic E-state index is 0.540. The molecule has 0 atom stereocenters. The lowest BCUT2D eigenvalue weighted by Gasteiger charge is -2.04. The first-order valence-electron chi connectivity index (χ1n) is 5.88. The fourth-order valence-corrected chi connectivity index (χ4v) is 1.56. The Labute approximate surface area is 110 Å². The fourth-order valence-electron chi connectivity index (χ4n) is 1.56. The Morgan fingerprint density at radius 3 is 2.32 bits per heavy atom. The van der Waals surface area contributed by atoms with Crippen LogP contribution in [0.25, 0.3) is 0 Å². The Morgan fingerprint density at radius 1 is 1.00 bits per heavy atom. The molecule has 1 N–H and O–H groups in total. The Balaban J connectivity index is 2.14. The number of benzene rings is 2. The van der Waals surface area contributed by atoms with E-state index in [1.165, 1.54) is 6.07 Å². The van der Waals surface area contributed by atoms with E-state index in [2.05, 4.69) is 10.5 Å². The molecule has 0 heterocycles. The number of hydrazone groups is 1. The SMILES string of the molecule is C/C(=N/Nc1ccc(C)cc1)c1ccc(F)c(F)c1. The summed E-state index contributed by atoms with van der Waals surface area (Å²) in [4.78, 5) is 0. The van der Waals surface area contributed by atoms with Crippen molar-refractivity contribution in [2.75, 3.05) is 5.43 Å². The van der Waals surface area contributed by atoms with Crippen LogP contribution in [0.2, 0.25) is 0 Å². The molecule has 0 aliphatic rings. The molecule has 0 bridgehead atoms. The number of anilines is 1. The summed E-state index contributed by atoms with van der Waals surface area (Å²) in [5.41, 5.74) is 6.00. The van der Waals surface area contributed by atoms with E-state index >= 15 is 0 Å². The van der Waals surface area contributed by atoms with Gasteiger partial charge in [-0.2, -0.15) is 5.10 Å². The van der Waals surface area contributed by atoms with Crippen LogP contribution in [0.3, 0.4) is 0 Å². The summed E-state index contributed by atoms with van der Waals surface area (Å²) < 4.78 is 25.9. The van der Waals surface area contributed by atoms with Crippen molar-refractivity contribution in [3.05, 3.63) is 65.2 Å². The molecule has 2 aromatic carbocycles. The maximum Gasteiger partial charge on any atom is 0.159 e. The summed E-state index contributed by atoms with van der Waals surface area (Å²) in [6.07, 6.45) is 0. The average Bonchev–Trinajstić information content (AvgIpc) is 2.41. The summed E-state index contributed by atoms with van der Waals surface area (Å²) in [6.45, 7) is 3.73. The molecular weight excluding hydrogens is 246 g/mol. The maximum absolute atomic E-state index is 13.1. The van der Waals surface area contributed by atoms with Crippen LogP contribution >= 0.6 is 0 Å². The van der Waals surface area contributed by atoms with Crippen molar-refractivity contribution in [1.82, 2.24) is 0 Å². The smallest absolute Gasteiger partial charge is 0.159 e. The Kier molecular flexibility index (Phi) is 3.90. The average molecular weight is 260 g/mol. The van der Waals surface area contributed by atoms with Gasteiger partial charge in [0.2, 0.25) is 0 Å². The molecule has 19 heavy (non-hydrogen) atoms. The number of aryl methyl sites for hydroxylation is 1. The third kappa shape index (κ3) is 3.37. The van der Waals surface area contributed by atoms with Gasteiger partial charge in [0.15, 0.2) is 11.6 Å². The van der Waals surface area contributed by atoms with Gasteiger partial charge in [-0.3, -0.25) is 5.43 Å². The molecule has 0 spiro atoms. The lowest BCUT2D eigenvalue weighted by molar-refractivity contribution is 0.508. The summed E-state index contributed by atoms with van der Waals surface area (Å²) in [7, 11) is 0. The molecule has 2 nitrogen and oxygen atoms in total. The first-order valence-corrected chi connectivity index (χ1v) is 5.88. The standard InChI is InChI=1S/C15H14F2N2/c1-10-3-6-13(7-4-10)19-18-11(2)12-5-8-14(16)15(17)9-12/h3-9,19H,1-2H3/b18-11-. The zero-order chi connectivity index (χ0) is 13.8. The van der Waals surface area contributed by atoms with E-state index in [9.17, 15) is 8.78 Å². The van der Waals surface area contributed by atoms with Crippen LogP contribution in [0.1, 0.15) is 18.1 Å². The summed E-state index contributed by atoms with van der Waals surface area (Å²) in [6, 6.07) is 11.4. The Morgan fingerprint density at radius 2 is 1.68 bits per heavy atom. The predicted octanol–water partition coefficient (Wildman–Crippen LogP) is 4.11. The third-order valence-electron chi connectivity index (χ3n) is 2.74. The van der Waals surface area contributed by atoms with Crippen molar-refractivity contribution in [2.24, 2.45) is 5.10 Å². The number of nitrogens with zero attached hydrogens (tertiary/aromatic N) is 1. The first-order chi connectivity index (χ1) is 9.06. The highest BCUT2D eigenvalue weighted by Gasteiger charge is 2.04. The second kappa shape index (κ2) is 5.61. The van der Waals surface area contributed by atoms with Crippen molar-refractivity contribution in [2.45, 2.75) is 13.8 Å². The van der Waals surface area contributed by atoms with Gasteiger partial charge in [-0.25, -0.2) is 8.78 Å². The number of hydrogen-bond acceptors (Lipinski definition) is 2. The van der Waals surface area contributed by atoms with Crippen LogP contribution in [0.5, 0.6) is 0 Å². The summed E-state index contributed by atoms with van der Waals surface area (Å²) in [5.74, 6) is -1.73. The Hall–Kier alpha value is -2.23. The molecule has 2 rings (SSSR count). The van der Waals surface area contributed by atoms with E-state index < -0.39 is 11.6 Å². The van der Waals surface area contributed by atoms with Crippen molar-refractivity contribution in [3.8, 4) is 0 Å². The van der Waals surface area contributed by atoms with Crippen LogP contribution in [0.15, 0.2) is 47.6 Å². The Bertz CT molecular complexity index is 604. The van der Waals surface area contributed by atoms with Crippen LogP contribution in [0, 0.1) is 18.6 Å². The van der Waals surface area contributed by atoms with E-state index in [0.29, 0.717) is 11.3 Å². The van der Waals surface area contributed by atoms with Crippen molar-refractivity contribution < 1.29 is 8.78 Å². The van der Waals surface area contributed by atoms with Gasteiger partial charge in [0, 0.05) is 5.56 Å². The summed E-state index contributed by atoms with van der Waals surface area (Å²) in [5, 5.41) is 4.14. The molecule has 0 amide bonds. The van der Waals surface area contributed by atoms with Crippen molar-refractivity contribution in [3.63, 3.8) is 0 Å². The van der Waals surface area contributed by atoms with Crippen molar-refractivity contribution >= 4 is 11.4 Å². The monoisotopic (exact) mass is 260 g/mol. The molecule has 0 fully saturated rings. The minimum Gasteiger partial charge on any atom is -0.278 e. The van der Waals surface area contributed by atoms with E-state index in [0.717, 1.165) is 23.4 Å². The molecule has 98 valence electrons. The molecular formula is C15H14F2N2. The van der Waals surface area contributed by atoms with Gasteiger partial charge >= 0.3 is 0 Å². The lowest BCUT2D eigenvalue weighted by Crippen LogP contribution is -2.01. The van der Waals surface area contributed by atoms with Gasteiger partial charge in [-0.05, 0) is 44.2 Å². The lowest BCUT2D eigenvalue weighted by atomic mass is 10.1. The number of halogens is 2. The van der Waals surface area contributed by atoms with Crippen LogP contribution in [-0.2, 0) is 0 Å². The van der Waals surface area contributed by atoms with Gasteiger partial charge in [0.05, 0.1) is 11.4 Å². The predicted molar refractivity (Wildman–Crippen MR) is 73.4 cm³/mol.